The number of hydrogen-bond donors (Lipinski definition) is 2. The first-order valence-electron chi connectivity index (χ1n) is 11.1. The molecule has 0 bridgehead atoms. The van der Waals surface area contributed by atoms with E-state index in [-0.39, 0.29) is 22.4 Å². The molecule has 2 aliphatic rings. The lowest BCUT2D eigenvalue weighted by atomic mass is 10.1. The molecule has 0 radical (unpaired) electrons. The highest BCUT2D eigenvalue weighted by molar-refractivity contribution is 7.89. The van der Waals surface area contributed by atoms with Crippen LogP contribution in [0.15, 0.2) is 41.3 Å². The number of amides is 2. The number of sulfonamides is 1. The number of nitrogens with one attached hydrogen (secondary N) is 2. The third-order valence-electron chi connectivity index (χ3n) is 6.04. The molecule has 32 heavy (non-hydrogen) atoms. The summed E-state index contributed by atoms with van der Waals surface area (Å²) in [5.41, 5.74) is 2.70. The van der Waals surface area contributed by atoms with E-state index in [4.69, 9.17) is 0 Å². The summed E-state index contributed by atoms with van der Waals surface area (Å²) in [6.07, 6.45) is 4.73. The van der Waals surface area contributed by atoms with Crippen molar-refractivity contribution < 1.29 is 18.0 Å². The molecule has 2 fully saturated rings. The van der Waals surface area contributed by atoms with Crippen LogP contribution in [0.25, 0.3) is 0 Å². The third kappa shape index (κ3) is 4.86. The maximum Gasteiger partial charge on any atom is 0.255 e. The lowest BCUT2D eigenvalue weighted by Crippen LogP contribution is -2.36. The van der Waals surface area contributed by atoms with Crippen LogP contribution in [0.5, 0.6) is 0 Å². The molecule has 0 aromatic heterocycles. The van der Waals surface area contributed by atoms with Gasteiger partial charge in [-0.25, -0.2) is 8.42 Å². The van der Waals surface area contributed by atoms with E-state index in [1.54, 1.807) is 37.3 Å². The maximum atomic E-state index is 13.2. The quantitative estimate of drug-likeness (QED) is 0.695. The van der Waals surface area contributed by atoms with Gasteiger partial charge in [-0.15, -0.1) is 0 Å². The molecule has 1 aliphatic heterocycles. The molecule has 1 heterocycles. The molecule has 1 saturated carbocycles. The van der Waals surface area contributed by atoms with Gasteiger partial charge in [-0.3, -0.25) is 9.59 Å². The zero-order valence-corrected chi connectivity index (χ0v) is 19.3. The maximum absolute atomic E-state index is 13.2. The smallest absolute Gasteiger partial charge is 0.255 e. The van der Waals surface area contributed by atoms with Gasteiger partial charge in [0.1, 0.15) is 0 Å². The predicted molar refractivity (Wildman–Crippen MR) is 123 cm³/mol. The summed E-state index contributed by atoms with van der Waals surface area (Å²) in [5.74, 6) is -0.573. The molecule has 7 nitrogen and oxygen atoms in total. The van der Waals surface area contributed by atoms with Crippen LogP contribution in [0.3, 0.4) is 0 Å². The second-order valence-corrected chi connectivity index (χ2v) is 10.6. The lowest BCUT2D eigenvalue weighted by Gasteiger charge is -2.26. The topological polar surface area (TPSA) is 95.6 Å². The Morgan fingerprint density at radius 3 is 2.16 bits per heavy atom. The van der Waals surface area contributed by atoms with Crippen molar-refractivity contribution in [3.05, 3.63) is 58.7 Å². The number of carbonyl (C=O) groups excluding carboxylic acids is 2. The zero-order valence-electron chi connectivity index (χ0n) is 18.5. The first-order chi connectivity index (χ1) is 15.3. The van der Waals surface area contributed by atoms with Crippen LogP contribution in [-0.2, 0) is 10.0 Å². The predicted octanol–water partition coefficient (Wildman–Crippen LogP) is 3.62. The zero-order chi connectivity index (χ0) is 22.9. The van der Waals surface area contributed by atoms with Gasteiger partial charge in [0.25, 0.3) is 11.8 Å². The van der Waals surface area contributed by atoms with Crippen molar-refractivity contribution >= 4 is 27.5 Å². The number of hydrogen-bond acceptors (Lipinski definition) is 4. The minimum atomic E-state index is -3.65. The Balaban J connectivity index is 1.56. The van der Waals surface area contributed by atoms with E-state index in [9.17, 15) is 18.0 Å². The largest absolute Gasteiger partial charge is 0.349 e. The molecule has 2 aromatic carbocycles. The van der Waals surface area contributed by atoms with Crippen LogP contribution in [0.4, 0.5) is 5.69 Å². The van der Waals surface area contributed by atoms with E-state index in [0.717, 1.165) is 37.7 Å². The Bertz CT molecular complexity index is 1150. The number of rotatable bonds is 6. The average molecular weight is 456 g/mol. The summed E-state index contributed by atoms with van der Waals surface area (Å²) in [5, 5.41) is 5.78. The van der Waals surface area contributed by atoms with Crippen molar-refractivity contribution in [2.24, 2.45) is 0 Å². The van der Waals surface area contributed by atoms with Crippen LogP contribution in [0.2, 0.25) is 0 Å². The van der Waals surface area contributed by atoms with Gasteiger partial charge in [0.05, 0.1) is 4.90 Å². The van der Waals surface area contributed by atoms with Crippen LogP contribution in [0.1, 0.15) is 63.9 Å². The highest BCUT2D eigenvalue weighted by Crippen LogP contribution is 2.26. The Morgan fingerprint density at radius 2 is 1.50 bits per heavy atom. The second-order valence-electron chi connectivity index (χ2n) is 8.68. The minimum Gasteiger partial charge on any atom is -0.349 e. The third-order valence-corrected chi connectivity index (χ3v) is 8.08. The van der Waals surface area contributed by atoms with Crippen LogP contribution >= 0.6 is 0 Å². The minimum absolute atomic E-state index is 0.159. The molecule has 0 unspecified atom stereocenters. The van der Waals surface area contributed by atoms with E-state index >= 15 is 0 Å². The van der Waals surface area contributed by atoms with Crippen molar-refractivity contribution in [3.8, 4) is 0 Å². The Labute approximate surface area is 189 Å². The fourth-order valence-corrected chi connectivity index (χ4v) is 5.62. The average Bonchev–Trinajstić information content (AvgIpc) is 3.60. The van der Waals surface area contributed by atoms with Crippen LogP contribution in [-0.4, -0.2) is 43.7 Å². The standard InChI is InChI=1S/C24H29N3O4S/c1-16-6-8-18(23(28)25-20-10-11-20)14-21(16)26-24(29)19-9-7-17(2)22(15-19)32(30,31)27-12-4-3-5-13-27/h6-9,14-15,20H,3-5,10-13H2,1-2H3,(H,25,28)(H,26,29). The van der Waals surface area contributed by atoms with Crippen molar-refractivity contribution in [2.45, 2.75) is 56.9 Å². The number of nitrogens with zero attached hydrogens (tertiary/aromatic N) is 1. The summed E-state index contributed by atoms with van der Waals surface area (Å²) in [7, 11) is -3.65. The van der Waals surface area contributed by atoms with Crippen molar-refractivity contribution in [1.29, 1.82) is 0 Å². The number of piperidine rings is 1. The number of carbonyl (C=O) groups is 2. The lowest BCUT2D eigenvalue weighted by molar-refractivity contribution is 0.0949. The molecule has 2 N–H and O–H groups in total. The summed E-state index contributed by atoms with van der Waals surface area (Å²) in [4.78, 5) is 25.5. The van der Waals surface area contributed by atoms with Crippen LogP contribution < -0.4 is 10.6 Å². The van der Waals surface area contributed by atoms with Gasteiger partial charge in [0, 0.05) is 35.9 Å². The first-order valence-corrected chi connectivity index (χ1v) is 12.5. The fourth-order valence-electron chi connectivity index (χ4n) is 3.85. The number of benzene rings is 2. The number of anilines is 1. The van der Waals surface area contributed by atoms with Crippen molar-refractivity contribution in [3.63, 3.8) is 0 Å². The van der Waals surface area contributed by atoms with E-state index in [1.807, 2.05) is 6.92 Å². The summed E-state index contributed by atoms with van der Waals surface area (Å²) >= 11 is 0. The molecule has 170 valence electrons. The SMILES string of the molecule is Cc1ccc(C(=O)NC2CC2)cc1NC(=O)c1ccc(C)c(S(=O)(=O)N2CCCCC2)c1. The van der Waals surface area contributed by atoms with Gasteiger partial charge in [0.2, 0.25) is 10.0 Å². The molecule has 8 heteroatoms. The normalized spacial score (nSPS) is 17.1. The first kappa shape index (κ1) is 22.5. The van der Waals surface area contributed by atoms with Crippen molar-refractivity contribution in [2.75, 3.05) is 18.4 Å². The summed E-state index contributed by atoms with van der Waals surface area (Å²) in [6, 6.07) is 10.2. The summed E-state index contributed by atoms with van der Waals surface area (Å²) in [6.45, 7) is 4.60. The second kappa shape index (κ2) is 9.03. The molecule has 2 aromatic rings. The Morgan fingerprint density at radius 1 is 0.875 bits per heavy atom. The van der Waals surface area contributed by atoms with Gasteiger partial charge in [-0.1, -0.05) is 18.6 Å². The monoisotopic (exact) mass is 455 g/mol. The van der Waals surface area contributed by atoms with Gasteiger partial charge >= 0.3 is 0 Å². The molecule has 1 aliphatic carbocycles. The van der Waals surface area contributed by atoms with E-state index in [2.05, 4.69) is 10.6 Å². The molecule has 1 saturated heterocycles. The van der Waals surface area contributed by atoms with Gasteiger partial charge in [0.15, 0.2) is 0 Å². The van der Waals surface area contributed by atoms with E-state index in [0.29, 0.717) is 29.9 Å². The molecule has 0 atom stereocenters. The van der Waals surface area contributed by atoms with Gasteiger partial charge in [-0.2, -0.15) is 4.31 Å². The van der Waals surface area contributed by atoms with Crippen LogP contribution in [0, 0.1) is 13.8 Å². The van der Waals surface area contributed by atoms with E-state index < -0.39 is 15.9 Å². The highest BCUT2D eigenvalue weighted by Gasteiger charge is 2.28. The Kier molecular flexibility index (Phi) is 6.35. The van der Waals surface area contributed by atoms with Gasteiger partial charge in [-0.05, 0) is 74.9 Å². The molecular formula is C24H29N3O4S. The molecular weight excluding hydrogens is 426 g/mol. The summed E-state index contributed by atoms with van der Waals surface area (Å²) < 4.78 is 27.8. The fraction of sp³-hybridized carbons (Fsp3) is 0.417. The number of aryl methyl sites for hydroxylation is 2. The van der Waals surface area contributed by atoms with E-state index in [1.165, 1.54) is 10.4 Å². The highest BCUT2D eigenvalue weighted by atomic mass is 32.2. The molecule has 4 rings (SSSR count). The molecule has 2 amide bonds. The molecule has 0 spiro atoms. The van der Waals surface area contributed by atoms with Gasteiger partial charge < -0.3 is 10.6 Å². The van der Waals surface area contributed by atoms with Crippen molar-refractivity contribution in [1.82, 2.24) is 9.62 Å². The Hall–Kier alpha value is -2.71.